The van der Waals surface area contributed by atoms with Gasteiger partial charge in [-0.2, -0.15) is 0 Å². The van der Waals surface area contributed by atoms with Gasteiger partial charge in [-0.1, -0.05) is 12.5 Å². The molecule has 0 aliphatic carbocycles. The van der Waals surface area contributed by atoms with Gasteiger partial charge in [0.2, 0.25) is 5.91 Å². The van der Waals surface area contributed by atoms with E-state index in [-0.39, 0.29) is 18.0 Å². The van der Waals surface area contributed by atoms with Crippen molar-refractivity contribution in [3.8, 4) is 0 Å². The highest BCUT2D eigenvalue weighted by molar-refractivity contribution is 5.82. The summed E-state index contributed by atoms with van der Waals surface area (Å²) >= 11 is 0. The molecule has 1 unspecified atom stereocenters. The average Bonchev–Trinajstić information content (AvgIpc) is 2.40. The number of rotatable bonds is 3. The summed E-state index contributed by atoms with van der Waals surface area (Å²) in [4.78, 5) is 16.2. The Labute approximate surface area is 102 Å². The van der Waals surface area contributed by atoms with Gasteiger partial charge in [0, 0.05) is 6.20 Å². The van der Waals surface area contributed by atoms with Crippen molar-refractivity contribution < 1.29 is 4.79 Å². The van der Waals surface area contributed by atoms with Crippen molar-refractivity contribution in [3.63, 3.8) is 0 Å². The number of hydrogen-bond acceptors (Lipinski definition) is 3. The van der Waals surface area contributed by atoms with Gasteiger partial charge in [-0.05, 0) is 38.4 Å². The largest absolute Gasteiger partial charge is 0.347 e. The third-order valence-electron chi connectivity index (χ3n) is 3.12. The Kier molecular flexibility index (Phi) is 4.09. The van der Waals surface area contributed by atoms with Crippen LogP contribution in [-0.4, -0.2) is 23.5 Å². The summed E-state index contributed by atoms with van der Waals surface area (Å²) in [5, 5.41) is 6.25. The van der Waals surface area contributed by atoms with Crippen LogP contribution in [0.2, 0.25) is 0 Å². The lowest BCUT2D eigenvalue weighted by molar-refractivity contribution is -0.124. The molecule has 4 heteroatoms. The van der Waals surface area contributed by atoms with Crippen LogP contribution in [0.15, 0.2) is 24.4 Å². The minimum absolute atomic E-state index is 0.0325. The van der Waals surface area contributed by atoms with Gasteiger partial charge in [-0.15, -0.1) is 0 Å². The van der Waals surface area contributed by atoms with Gasteiger partial charge < -0.3 is 10.6 Å². The SMILES string of the molecule is CC(NC(=O)[C@@H]1CCCCN1)c1ccccn1. The molecule has 4 nitrogen and oxygen atoms in total. The quantitative estimate of drug-likeness (QED) is 0.829. The second kappa shape index (κ2) is 5.77. The van der Waals surface area contributed by atoms with E-state index in [1.807, 2.05) is 25.1 Å². The van der Waals surface area contributed by atoms with Crippen LogP contribution in [0.5, 0.6) is 0 Å². The molecule has 1 aromatic rings. The Morgan fingerprint density at radius 1 is 1.53 bits per heavy atom. The maximum absolute atomic E-state index is 12.0. The highest BCUT2D eigenvalue weighted by atomic mass is 16.2. The number of aromatic nitrogens is 1. The van der Waals surface area contributed by atoms with E-state index in [0.29, 0.717) is 0 Å². The van der Waals surface area contributed by atoms with Crippen molar-refractivity contribution in [2.75, 3.05) is 6.54 Å². The number of amides is 1. The topological polar surface area (TPSA) is 54.0 Å². The lowest BCUT2D eigenvalue weighted by Crippen LogP contribution is -2.47. The highest BCUT2D eigenvalue weighted by Crippen LogP contribution is 2.11. The maximum atomic E-state index is 12.0. The molecule has 1 aliphatic rings. The van der Waals surface area contributed by atoms with E-state index in [1.165, 1.54) is 6.42 Å². The molecule has 17 heavy (non-hydrogen) atoms. The van der Waals surface area contributed by atoms with Crippen molar-refractivity contribution in [3.05, 3.63) is 30.1 Å². The maximum Gasteiger partial charge on any atom is 0.237 e. The van der Waals surface area contributed by atoms with Gasteiger partial charge in [0.1, 0.15) is 0 Å². The average molecular weight is 233 g/mol. The van der Waals surface area contributed by atoms with Gasteiger partial charge in [0.05, 0.1) is 17.8 Å². The van der Waals surface area contributed by atoms with Crippen molar-refractivity contribution >= 4 is 5.91 Å². The molecular weight excluding hydrogens is 214 g/mol. The minimum atomic E-state index is -0.0348. The zero-order chi connectivity index (χ0) is 12.1. The zero-order valence-corrected chi connectivity index (χ0v) is 10.1. The standard InChI is InChI=1S/C13H19N3O/c1-10(11-6-2-4-8-14-11)16-13(17)12-7-3-5-9-15-12/h2,4,6,8,10,12,15H,3,5,7,9H2,1H3,(H,16,17)/t10?,12-/m0/s1. The molecule has 1 amide bonds. The van der Waals surface area contributed by atoms with Crippen LogP contribution >= 0.6 is 0 Å². The first-order chi connectivity index (χ1) is 8.27. The van der Waals surface area contributed by atoms with Crippen molar-refractivity contribution in [2.24, 2.45) is 0 Å². The fourth-order valence-corrected chi connectivity index (χ4v) is 2.10. The molecule has 0 radical (unpaired) electrons. The predicted octanol–water partition coefficient (Wildman–Crippen LogP) is 1.40. The highest BCUT2D eigenvalue weighted by Gasteiger charge is 2.22. The van der Waals surface area contributed by atoms with Crippen LogP contribution in [0.25, 0.3) is 0 Å². The lowest BCUT2D eigenvalue weighted by Gasteiger charge is -2.24. The molecule has 2 N–H and O–H groups in total. The van der Waals surface area contributed by atoms with Gasteiger partial charge in [-0.3, -0.25) is 9.78 Å². The summed E-state index contributed by atoms with van der Waals surface area (Å²) in [6.45, 7) is 2.90. The minimum Gasteiger partial charge on any atom is -0.347 e. The van der Waals surface area contributed by atoms with Gasteiger partial charge in [-0.25, -0.2) is 0 Å². The summed E-state index contributed by atoms with van der Waals surface area (Å²) in [7, 11) is 0. The smallest absolute Gasteiger partial charge is 0.237 e. The Balaban J connectivity index is 1.89. The van der Waals surface area contributed by atoms with Gasteiger partial charge >= 0.3 is 0 Å². The first kappa shape index (κ1) is 12.0. The van der Waals surface area contributed by atoms with E-state index in [4.69, 9.17) is 0 Å². The summed E-state index contributed by atoms with van der Waals surface area (Å²) in [5.41, 5.74) is 0.900. The van der Waals surface area contributed by atoms with Crippen molar-refractivity contribution in [1.29, 1.82) is 0 Å². The monoisotopic (exact) mass is 233 g/mol. The second-order valence-electron chi connectivity index (χ2n) is 4.49. The van der Waals surface area contributed by atoms with E-state index in [2.05, 4.69) is 15.6 Å². The zero-order valence-electron chi connectivity index (χ0n) is 10.1. The number of piperidine rings is 1. The molecule has 0 aromatic carbocycles. The molecule has 1 aromatic heterocycles. The normalized spacial score (nSPS) is 21.8. The van der Waals surface area contributed by atoms with Gasteiger partial charge in [0.25, 0.3) is 0 Å². The van der Waals surface area contributed by atoms with Crippen LogP contribution in [-0.2, 0) is 4.79 Å². The van der Waals surface area contributed by atoms with Crippen molar-refractivity contribution in [2.45, 2.75) is 38.3 Å². The van der Waals surface area contributed by atoms with Crippen LogP contribution in [0.1, 0.15) is 37.9 Å². The fourth-order valence-electron chi connectivity index (χ4n) is 2.10. The Morgan fingerprint density at radius 3 is 3.06 bits per heavy atom. The van der Waals surface area contributed by atoms with Crippen LogP contribution in [0, 0.1) is 0 Å². The van der Waals surface area contributed by atoms with E-state index in [9.17, 15) is 4.79 Å². The Bertz CT molecular complexity index is 360. The van der Waals surface area contributed by atoms with Crippen molar-refractivity contribution in [1.82, 2.24) is 15.6 Å². The summed E-state index contributed by atoms with van der Waals surface area (Å²) in [6, 6.07) is 5.67. The molecule has 2 atom stereocenters. The third kappa shape index (κ3) is 3.27. The molecule has 0 bridgehead atoms. The summed E-state index contributed by atoms with van der Waals surface area (Å²) in [5.74, 6) is 0.0860. The Morgan fingerprint density at radius 2 is 2.41 bits per heavy atom. The molecule has 92 valence electrons. The number of carbonyl (C=O) groups excluding carboxylic acids is 1. The summed E-state index contributed by atoms with van der Waals surface area (Å²) in [6.07, 6.45) is 4.97. The first-order valence-electron chi connectivity index (χ1n) is 6.22. The number of nitrogens with zero attached hydrogens (tertiary/aromatic N) is 1. The fraction of sp³-hybridized carbons (Fsp3) is 0.538. The third-order valence-corrected chi connectivity index (χ3v) is 3.12. The summed E-state index contributed by atoms with van der Waals surface area (Å²) < 4.78 is 0. The molecular formula is C13H19N3O. The molecule has 1 fully saturated rings. The van der Waals surface area contributed by atoms with E-state index in [1.54, 1.807) is 6.20 Å². The Hall–Kier alpha value is -1.42. The molecule has 2 heterocycles. The van der Waals surface area contributed by atoms with Gasteiger partial charge in [0.15, 0.2) is 0 Å². The van der Waals surface area contributed by atoms with Crippen LogP contribution < -0.4 is 10.6 Å². The molecule has 1 aliphatic heterocycles. The van der Waals surface area contributed by atoms with Crippen LogP contribution in [0.3, 0.4) is 0 Å². The van der Waals surface area contributed by atoms with E-state index >= 15 is 0 Å². The molecule has 2 rings (SSSR count). The predicted molar refractivity (Wildman–Crippen MR) is 66.4 cm³/mol. The lowest BCUT2D eigenvalue weighted by atomic mass is 10.0. The number of hydrogen-bond donors (Lipinski definition) is 2. The second-order valence-corrected chi connectivity index (χ2v) is 4.49. The van der Waals surface area contributed by atoms with E-state index in [0.717, 1.165) is 25.1 Å². The molecule has 1 saturated heterocycles. The molecule has 0 spiro atoms. The van der Waals surface area contributed by atoms with E-state index < -0.39 is 0 Å². The van der Waals surface area contributed by atoms with Crippen LogP contribution in [0.4, 0.5) is 0 Å². The molecule has 0 saturated carbocycles. The number of carbonyl (C=O) groups is 1. The number of pyridine rings is 1. The first-order valence-corrected chi connectivity index (χ1v) is 6.22. The number of nitrogens with one attached hydrogen (secondary N) is 2.